The van der Waals surface area contributed by atoms with Gasteiger partial charge in [0.2, 0.25) is 0 Å². The summed E-state index contributed by atoms with van der Waals surface area (Å²) in [4.78, 5) is 2.32. The molecule has 9 heavy (non-hydrogen) atoms. The average molecular weight is 124 g/mol. The molecule has 0 aromatic heterocycles. The van der Waals surface area contributed by atoms with Gasteiger partial charge in [-0.25, -0.2) is 0 Å². The number of rotatable bonds is 1. The maximum absolute atomic E-state index is 5.02. The minimum absolute atomic E-state index is 0.858. The maximum Gasteiger partial charge on any atom is 0.0619 e. The van der Waals surface area contributed by atoms with E-state index in [4.69, 9.17) is 5.73 Å². The average Bonchev–Trinajstić information content (AvgIpc) is 2.34. The van der Waals surface area contributed by atoms with E-state index in [1.54, 1.807) is 0 Å². The molecule has 0 bridgehead atoms. The molecule has 1 aliphatic heterocycles. The molecule has 2 heteroatoms. The Labute approximate surface area is 56.0 Å². The van der Waals surface area contributed by atoms with E-state index in [0.29, 0.717) is 0 Å². The summed E-state index contributed by atoms with van der Waals surface area (Å²) in [5, 5.41) is 0. The van der Waals surface area contributed by atoms with Crippen LogP contribution in [0, 0.1) is 12.0 Å². The van der Waals surface area contributed by atoms with Crippen molar-refractivity contribution in [1.29, 1.82) is 0 Å². The summed E-state index contributed by atoms with van der Waals surface area (Å²) in [5.74, 6) is 2.84. The van der Waals surface area contributed by atoms with Crippen LogP contribution in [-0.4, -0.2) is 24.5 Å². The Morgan fingerprint density at radius 1 is 1.33 bits per heavy atom. The lowest BCUT2D eigenvalue weighted by Gasteiger charge is -2.07. The molecule has 0 aliphatic carbocycles. The Morgan fingerprint density at radius 2 is 2.00 bits per heavy atom. The van der Waals surface area contributed by atoms with Gasteiger partial charge in [0.15, 0.2) is 0 Å². The van der Waals surface area contributed by atoms with Gasteiger partial charge in [0, 0.05) is 6.04 Å². The predicted molar refractivity (Wildman–Crippen MR) is 37.6 cm³/mol. The van der Waals surface area contributed by atoms with Crippen LogP contribution in [0.4, 0.5) is 0 Å². The first-order valence-corrected chi connectivity index (χ1v) is 3.34. The second-order valence-electron chi connectivity index (χ2n) is 2.30. The molecule has 2 nitrogen and oxygen atoms in total. The molecule has 0 spiro atoms. The third kappa shape index (κ3) is 1.95. The van der Waals surface area contributed by atoms with Crippen molar-refractivity contribution in [3.63, 3.8) is 0 Å². The van der Waals surface area contributed by atoms with Gasteiger partial charge in [-0.05, 0) is 25.9 Å². The third-order valence-electron chi connectivity index (χ3n) is 1.60. The van der Waals surface area contributed by atoms with E-state index < -0.39 is 0 Å². The van der Waals surface area contributed by atoms with Crippen molar-refractivity contribution < 1.29 is 0 Å². The normalized spacial score (nSPS) is 19.1. The molecule has 0 saturated carbocycles. The fourth-order valence-corrected chi connectivity index (χ4v) is 1.10. The van der Waals surface area contributed by atoms with Gasteiger partial charge in [0.25, 0.3) is 0 Å². The molecule has 2 N–H and O–H groups in total. The highest BCUT2D eigenvalue weighted by Gasteiger charge is 2.08. The smallest absolute Gasteiger partial charge is 0.0619 e. The van der Waals surface area contributed by atoms with Gasteiger partial charge in [-0.15, -0.1) is 0 Å². The van der Waals surface area contributed by atoms with Crippen LogP contribution in [0.25, 0.3) is 0 Å². The van der Waals surface area contributed by atoms with Crippen LogP contribution in [0.2, 0.25) is 0 Å². The van der Waals surface area contributed by atoms with Gasteiger partial charge in [0.05, 0.1) is 6.54 Å². The summed E-state index contributed by atoms with van der Waals surface area (Å²) in [6, 6.07) is 2.40. The van der Waals surface area contributed by atoms with Crippen LogP contribution in [-0.2, 0) is 0 Å². The largest absolute Gasteiger partial charge is 0.359 e. The number of hydrogen-bond acceptors (Lipinski definition) is 2. The lowest BCUT2D eigenvalue weighted by atomic mass is 10.4. The highest BCUT2D eigenvalue weighted by Crippen LogP contribution is 2.04. The Hall–Kier alpha value is -0.680. The zero-order valence-electron chi connectivity index (χ0n) is 5.56. The maximum atomic E-state index is 5.02. The summed E-state index contributed by atoms with van der Waals surface area (Å²) in [7, 11) is 0. The summed E-state index contributed by atoms with van der Waals surface area (Å²) in [5.41, 5.74) is 5.02. The molecule has 0 atom stereocenters. The molecule has 0 radical (unpaired) electrons. The fourth-order valence-electron chi connectivity index (χ4n) is 1.10. The lowest BCUT2D eigenvalue weighted by molar-refractivity contribution is 0.383. The second kappa shape index (κ2) is 3.37. The second-order valence-corrected chi connectivity index (χ2v) is 2.30. The quantitative estimate of drug-likeness (QED) is 0.394. The molecular formula is C7H12N2. The van der Waals surface area contributed by atoms with Crippen molar-refractivity contribution in [3.05, 3.63) is 0 Å². The van der Waals surface area contributed by atoms with Gasteiger partial charge < -0.3 is 5.73 Å². The molecule has 0 aromatic carbocycles. The zero-order chi connectivity index (χ0) is 6.53. The predicted octanol–water partition coefficient (Wildman–Crippen LogP) is 0.00180. The lowest BCUT2D eigenvalue weighted by Crippen LogP contribution is -2.19. The molecule has 1 heterocycles. The van der Waals surface area contributed by atoms with Gasteiger partial charge >= 0.3 is 0 Å². The first-order chi connectivity index (χ1) is 4.43. The van der Waals surface area contributed by atoms with Gasteiger partial charge in [-0.1, -0.05) is 5.92 Å². The Balaban J connectivity index is 2.16. The minimum atomic E-state index is 0.858. The number of nitrogens with two attached hydrogens (primary N) is 1. The molecular weight excluding hydrogens is 112 g/mol. The molecule has 0 amide bonds. The van der Waals surface area contributed by atoms with E-state index >= 15 is 0 Å². The first-order valence-electron chi connectivity index (χ1n) is 3.34. The van der Waals surface area contributed by atoms with E-state index in [1.807, 2.05) is 0 Å². The van der Waals surface area contributed by atoms with Crippen molar-refractivity contribution in [3.8, 4) is 12.0 Å². The van der Waals surface area contributed by atoms with E-state index in [1.165, 1.54) is 25.9 Å². The van der Waals surface area contributed by atoms with Crippen LogP contribution >= 0.6 is 0 Å². The third-order valence-corrected chi connectivity index (χ3v) is 1.60. The topological polar surface area (TPSA) is 29.3 Å². The number of hydrogen-bond donors (Lipinski definition) is 1. The summed E-state index contributed by atoms with van der Waals surface area (Å²) < 4.78 is 0. The highest BCUT2D eigenvalue weighted by molar-refractivity contribution is 4.97. The monoisotopic (exact) mass is 124 g/mol. The van der Waals surface area contributed by atoms with Crippen LogP contribution in [0.1, 0.15) is 12.8 Å². The van der Waals surface area contributed by atoms with Crippen LogP contribution < -0.4 is 5.73 Å². The summed E-state index contributed by atoms with van der Waals surface area (Å²) in [6.45, 7) is 3.26. The molecule has 0 aromatic rings. The van der Waals surface area contributed by atoms with Gasteiger partial charge in [0.1, 0.15) is 0 Å². The molecule has 50 valence electrons. The SMILES string of the molecule is NC#CCN1CCCC1. The summed E-state index contributed by atoms with van der Waals surface area (Å²) in [6.07, 6.45) is 2.65. The summed E-state index contributed by atoms with van der Waals surface area (Å²) >= 11 is 0. The Kier molecular flexibility index (Phi) is 2.41. The van der Waals surface area contributed by atoms with Crippen molar-refractivity contribution in [2.45, 2.75) is 12.8 Å². The van der Waals surface area contributed by atoms with Gasteiger partial charge in [-0.2, -0.15) is 0 Å². The van der Waals surface area contributed by atoms with Crippen molar-refractivity contribution in [1.82, 2.24) is 4.90 Å². The molecule has 1 rings (SSSR count). The Bertz CT molecular complexity index is 126. The van der Waals surface area contributed by atoms with E-state index in [0.717, 1.165) is 6.54 Å². The molecule has 0 unspecified atom stereocenters. The molecule has 1 aliphatic rings. The number of likely N-dealkylation sites (tertiary alicyclic amines) is 1. The van der Waals surface area contributed by atoms with Crippen molar-refractivity contribution >= 4 is 0 Å². The first kappa shape index (κ1) is 6.44. The van der Waals surface area contributed by atoms with E-state index in [9.17, 15) is 0 Å². The van der Waals surface area contributed by atoms with Crippen LogP contribution in [0.3, 0.4) is 0 Å². The minimum Gasteiger partial charge on any atom is -0.359 e. The van der Waals surface area contributed by atoms with Crippen molar-refractivity contribution in [2.24, 2.45) is 5.73 Å². The number of nitrogens with zero attached hydrogens (tertiary/aromatic N) is 1. The van der Waals surface area contributed by atoms with Crippen LogP contribution in [0.5, 0.6) is 0 Å². The molecule has 1 saturated heterocycles. The zero-order valence-corrected chi connectivity index (χ0v) is 5.56. The van der Waals surface area contributed by atoms with Crippen molar-refractivity contribution in [2.75, 3.05) is 19.6 Å². The fraction of sp³-hybridized carbons (Fsp3) is 0.714. The van der Waals surface area contributed by atoms with E-state index in [2.05, 4.69) is 16.9 Å². The van der Waals surface area contributed by atoms with Crippen LogP contribution in [0.15, 0.2) is 0 Å². The molecule has 1 fully saturated rings. The van der Waals surface area contributed by atoms with Gasteiger partial charge in [-0.3, -0.25) is 4.90 Å². The standard InChI is InChI=1S/C7H12N2/c8-4-3-7-9-5-1-2-6-9/h1-2,5-8H2. The Morgan fingerprint density at radius 3 is 2.56 bits per heavy atom. The van der Waals surface area contributed by atoms with E-state index in [-0.39, 0.29) is 0 Å². The highest BCUT2D eigenvalue weighted by atomic mass is 15.1.